The third-order valence-corrected chi connectivity index (χ3v) is 2.88. The summed E-state index contributed by atoms with van der Waals surface area (Å²) >= 11 is 14.8. The highest BCUT2D eigenvalue weighted by atomic mass is 79.9. The molecule has 92 valence electrons. The Morgan fingerprint density at radius 3 is 2.61 bits per heavy atom. The Kier molecular flexibility index (Phi) is 4.16. The van der Waals surface area contributed by atoms with E-state index in [0.717, 1.165) is 4.47 Å². The quantitative estimate of drug-likeness (QED) is 0.841. The lowest BCUT2D eigenvalue weighted by atomic mass is 10.2. The molecule has 0 radical (unpaired) electrons. The Bertz CT molecular complexity index is 586. The Balaban J connectivity index is 2.22. The van der Waals surface area contributed by atoms with Crippen molar-refractivity contribution in [1.29, 1.82) is 0 Å². The monoisotopic (exact) mass is 345 g/mol. The van der Waals surface area contributed by atoms with Crippen molar-refractivity contribution in [3.63, 3.8) is 0 Å². The van der Waals surface area contributed by atoms with Gasteiger partial charge in [0, 0.05) is 21.1 Å². The predicted molar refractivity (Wildman–Crippen MR) is 74.1 cm³/mol. The third-order valence-electron chi connectivity index (χ3n) is 2.00. The summed E-state index contributed by atoms with van der Waals surface area (Å²) in [6.07, 6.45) is 1.27. The number of carbonyl (C=O) groups is 1. The number of aromatic nitrogens is 2. The van der Waals surface area contributed by atoms with Crippen LogP contribution in [0.2, 0.25) is 10.2 Å². The number of nitrogens with zero attached hydrogens (tertiary/aromatic N) is 2. The van der Waals surface area contributed by atoms with Crippen molar-refractivity contribution in [3.8, 4) is 0 Å². The number of hydrogen-bond donors (Lipinski definition) is 1. The predicted octanol–water partition coefficient (Wildman–Crippen LogP) is 3.80. The minimum atomic E-state index is -0.326. The van der Waals surface area contributed by atoms with Crippen molar-refractivity contribution in [2.45, 2.75) is 0 Å². The van der Waals surface area contributed by atoms with E-state index in [-0.39, 0.29) is 11.1 Å². The van der Waals surface area contributed by atoms with Crippen molar-refractivity contribution >= 4 is 50.9 Å². The van der Waals surface area contributed by atoms with Crippen molar-refractivity contribution in [1.82, 2.24) is 9.97 Å². The molecule has 0 aliphatic carbocycles. The molecule has 0 aliphatic heterocycles. The van der Waals surface area contributed by atoms with E-state index in [9.17, 15) is 4.79 Å². The maximum absolute atomic E-state index is 11.9. The SMILES string of the molecule is O=C(Nc1cc(Cl)ncn1)c1cc(Cl)cc(Br)c1. The van der Waals surface area contributed by atoms with E-state index >= 15 is 0 Å². The summed E-state index contributed by atoms with van der Waals surface area (Å²) in [6, 6.07) is 6.37. The van der Waals surface area contributed by atoms with Crippen LogP contribution in [0.4, 0.5) is 5.82 Å². The Morgan fingerprint density at radius 2 is 1.94 bits per heavy atom. The van der Waals surface area contributed by atoms with E-state index in [1.807, 2.05) is 0 Å². The van der Waals surface area contributed by atoms with Crippen molar-refractivity contribution in [2.24, 2.45) is 0 Å². The van der Waals surface area contributed by atoms with Gasteiger partial charge in [-0.05, 0) is 18.2 Å². The highest BCUT2D eigenvalue weighted by molar-refractivity contribution is 9.10. The molecule has 1 aromatic carbocycles. The van der Waals surface area contributed by atoms with Crippen LogP contribution in [0.5, 0.6) is 0 Å². The smallest absolute Gasteiger partial charge is 0.256 e. The van der Waals surface area contributed by atoms with Gasteiger partial charge in [0.15, 0.2) is 0 Å². The molecule has 0 fully saturated rings. The van der Waals surface area contributed by atoms with E-state index in [1.165, 1.54) is 12.4 Å². The number of anilines is 1. The van der Waals surface area contributed by atoms with Gasteiger partial charge in [-0.1, -0.05) is 39.1 Å². The molecular formula is C11H6BrCl2N3O. The van der Waals surface area contributed by atoms with Crippen LogP contribution >= 0.6 is 39.1 Å². The van der Waals surface area contributed by atoms with E-state index < -0.39 is 0 Å². The Morgan fingerprint density at radius 1 is 1.17 bits per heavy atom. The van der Waals surface area contributed by atoms with Crippen LogP contribution in [0.1, 0.15) is 10.4 Å². The highest BCUT2D eigenvalue weighted by Gasteiger charge is 2.09. The summed E-state index contributed by atoms with van der Waals surface area (Å²) < 4.78 is 0.723. The van der Waals surface area contributed by atoms with Gasteiger partial charge in [-0.3, -0.25) is 4.79 Å². The maximum Gasteiger partial charge on any atom is 0.256 e. The van der Waals surface area contributed by atoms with Crippen molar-refractivity contribution < 1.29 is 4.79 Å². The van der Waals surface area contributed by atoms with E-state index in [2.05, 4.69) is 31.2 Å². The van der Waals surface area contributed by atoms with Crippen LogP contribution in [0.25, 0.3) is 0 Å². The molecule has 1 heterocycles. The second-order valence-corrected chi connectivity index (χ2v) is 5.08. The lowest BCUT2D eigenvalue weighted by Gasteiger charge is -2.05. The molecule has 2 rings (SSSR count). The van der Waals surface area contributed by atoms with Crippen LogP contribution < -0.4 is 5.32 Å². The second kappa shape index (κ2) is 5.65. The standard InChI is InChI=1S/C11H6BrCl2N3O/c12-7-1-6(2-8(13)3-7)11(18)17-10-4-9(14)15-5-16-10/h1-5H,(H,15,16,17,18). The topological polar surface area (TPSA) is 54.9 Å². The number of benzene rings is 1. The van der Waals surface area contributed by atoms with E-state index in [1.54, 1.807) is 18.2 Å². The number of hydrogen-bond acceptors (Lipinski definition) is 3. The zero-order chi connectivity index (χ0) is 13.1. The average Bonchev–Trinajstić information content (AvgIpc) is 2.27. The third kappa shape index (κ3) is 3.41. The number of carbonyl (C=O) groups excluding carboxylic acids is 1. The van der Waals surface area contributed by atoms with Crippen LogP contribution in [-0.2, 0) is 0 Å². The molecule has 18 heavy (non-hydrogen) atoms. The summed E-state index contributed by atoms with van der Waals surface area (Å²) in [5.41, 5.74) is 0.420. The van der Waals surface area contributed by atoms with Gasteiger partial charge < -0.3 is 5.32 Å². The first kappa shape index (κ1) is 13.3. The average molecular weight is 347 g/mol. The van der Waals surface area contributed by atoms with E-state index in [0.29, 0.717) is 16.4 Å². The fraction of sp³-hybridized carbons (Fsp3) is 0. The van der Waals surface area contributed by atoms with Crippen LogP contribution in [0.15, 0.2) is 35.1 Å². The van der Waals surface area contributed by atoms with Gasteiger partial charge in [0.05, 0.1) is 0 Å². The number of halogens is 3. The fourth-order valence-electron chi connectivity index (χ4n) is 1.28. The molecule has 0 atom stereocenters. The normalized spacial score (nSPS) is 10.2. The molecule has 0 spiro atoms. The van der Waals surface area contributed by atoms with Gasteiger partial charge in [-0.2, -0.15) is 0 Å². The molecule has 1 aromatic heterocycles. The molecule has 0 aliphatic rings. The molecule has 0 bridgehead atoms. The second-order valence-electron chi connectivity index (χ2n) is 3.34. The summed E-state index contributed by atoms with van der Waals surface area (Å²) in [6.45, 7) is 0. The minimum Gasteiger partial charge on any atom is -0.306 e. The zero-order valence-corrected chi connectivity index (χ0v) is 11.9. The number of amides is 1. The largest absolute Gasteiger partial charge is 0.306 e. The Hall–Kier alpha value is -1.17. The molecule has 1 amide bonds. The van der Waals surface area contributed by atoms with Gasteiger partial charge in [0.2, 0.25) is 0 Å². The molecule has 4 nitrogen and oxygen atoms in total. The molecule has 1 N–H and O–H groups in total. The summed E-state index contributed by atoms with van der Waals surface area (Å²) in [5, 5.41) is 3.32. The first-order valence-electron chi connectivity index (χ1n) is 4.79. The molecule has 0 unspecified atom stereocenters. The summed E-state index contributed by atoms with van der Waals surface area (Å²) in [5.74, 6) is 0.00376. The number of rotatable bonds is 2. The lowest BCUT2D eigenvalue weighted by Crippen LogP contribution is -2.13. The van der Waals surface area contributed by atoms with Crippen molar-refractivity contribution in [2.75, 3.05) is 5.32 Å². The fourth-order valence-corrected chi connectivity index (χ4v) is 2.28. The molecular weight excluding hydrogens is 341 g/mol. The van der Waals surface area contributed by atoms with Gasteiger partial charge in [0.25, 0.3) is 5.91 Å². The Labute approximate surface area is 121 Å². The van der Waals surface area contributed by atoms with Gasteiger partial charge in [-0.25, -0.2) is 9.97 Å². The van der Waals surface area contributed by atoms with Crippen LogP contribution in [0, 0.1) is 0 Å². The minimum absolute atomic E-state index is 0.257. The van der Waals surface area contributed by atoms with Crippen molar-refractivity contribution in [3.05, 3.63) is 50.8 Å². The molecule has 0 saturated carbocycles. The molecule has 0 saturated heterocycles. The summed E-state index contributed by atoms with van der Waals surface area (Å²) in [4.78, 5) is 19.5. The molecule has 7 heteroatoms. The van der Waals surface area contributed by atoms with Crippen LogP contribution in [-0.4, -0.2) is 15.9 Å². The first-order valence-corrected chi connectivity index (χ1v) is 6.34. The molecule has 2 aromatic rings. The van der Waals surface area contributed by atoms with Gasteiger partial charge >= 0.3 is 0 Å². The maximum atomic E-state index is 11.9. The lowest BCUT2D eigenvalue weighted by molar-refractivity contribution is 0.102. The zero-order valence-electron chi connectivity index (χ0n) is 8.82. The van der Waals surface area contributed by atoms with Crippen LogP contribution in [0.3, 0.4) is 0 Å². The first-order chi connectivity index (χ1) is 8.54. The number of nitrogens with one attached hydrogen (secondary N) is 1. The highest BCUT2D eigenvalue weighted by Crippen LogP contribution is 2.20. The van der Waals surface area contributed by atoms with Gasteiger partial charge in [0.1, 0.15) is 17.3 Å². The van der Waals surface area contributed by atoms with Gasteiger partial charge in [-0.15, -0.1) is 0 Å². The van der Waals surface area contributed by atoms with E-state index in [4.69, 9.17) is 23.2 Å². The summed E-state index contributed by atoms with van der Waals surface area (Å²) in [7, 11) is 0.